The van der Waals surface area contributed by atoms with Gasteiger partial charge >= 0.3 is 0 Å². The molecule has 0 aromatic heterocycles. The summed E-state index contributed by atoms with van der Waals surface area (Å²) in [5.41, 5.74) is 0. The quantitative estimate of drug-likeness (QED) is 0.543. The number of guanidine groups is 1. The van der Waals surface area contributed by atoms with Crippen LogP contribution in [0.1, 0.15) is 26.7 Å². The first-order valence-electron chi connectivity index (χ1n) is 9.29. The van der Waals surface area contributed by atoms with Gasteiger partial charge < -0.3 is 15.5 Å². The average molecular weight is 325 g/mol. The van der Waals surface area contributed by atoms with Crippen molar-refractivity contribution in [3.05, 3.63) is 0 Å². The molecule has 0 aromatic carbocycles. The van der Waals surface area contributed by atoms with Gasteiger partial charge in [0.25, 0.3) is 0 Å². The number of likely N-dealkylation sites (N-methyl/N-ethyl adjacent to an activating group) is 3. The van der Waals surface area contributed by atoms with Crippen LogP contribution >= 0.6 is 0 Å². The Morgan fingerprint density at radius 1 is 1.09 bits per heavy atom. The summed E-state index contributed by atoms with van der Waals surface area (Å²) < 4.78 is 0. The van der Waals surface area contributed by atoms with Crippen LogP contribution in [0.5, 0.6) is 0 Å². The van der Waals surface area contributed by atoms with E-state index in [4.69, 9.17) is 4.99 Å². The fraction of sp³-hybridized carbons (Fsp3) is 0.941. The molecule has 6 nitrogen and oxygen atoms in total. The van der Waals surface area contributed by atoms with Gasteiger partial charge in [-0.25, -0.2) is 0 Å². The first-order chi connectivity index (χ1) is 11.1. The molecule has 0 saturated carbocycles. The van der Waals surface area contributed by atoms with Gasteiger partial charge in [-0.1, -0.05) is 6.92 Å². The van der Waals surface area contributed by atoms with E-state index in [0.29, 0.717) is 12.1 Å². The minimum atomic E-state index is 0.517. The molecule has 2 atom stereocenters. The molecule has 6 heteroatoms. The molecular weight excluding hydrogens is 288 g/mol. The van der Waals surface area contributed by atoms with E-state index in [1.807, 2.05) is 0 Å². The first-order valence-corrected chi connectivity index (χ1v) is 9.29. The summed E-state index contributed by atoms with van der Waals surface area (Å²) >= 11 is 0. The summed E-state index contributed by atoms with van der Waals surface area (Å²) in [5, 5.41) is 6.95. The minimum Gasteiger partial charge on any atom is -0.357 e. The highest BCUT2D eigenvalue weighted by Crippen LogP contribution is 2.15. The normalized spacial score (nSPS) is 28.3. The molecule has 2 aliphatic rings. The Labute approximate surface area is 142 Å². The lowest BCUT2D eigenvalue weighted by Crippen LogP contribution is -2.52. The van der Waals surface area contributed by atoms with E-state index in [9.17, 15) is 0 Å². The molecule has 0 amide bonds. The summed E-state index contributed by atoms with van der Waals surface area (Å²) in [6.07, 6.45) is 2.63. The lowest BCUT2D eigenvalue weighted by Gasteiger charge is -2.37. The van der Waals surface area contributed by atoms with Crippen molar-refractivity contribution in [3.8, 4) is 0 Å². The molecule has 23 heavy (non-hydrogen) atoms. The molecule has 0 radical (unpaired) electrons. The van der Waals surface area contributed by atoms with Crippen molar-refractivity contribution < 1.29 is 0 Å². The number of aliphatic imine (C=N–C) groups is 1. The maximum Gasteiger partial charge on any atom is 0.191 e. The number of nitrogens with zero attached hydrogens (tertiary/aromatic N) is 4. The van der Waals surface area contributed by atoms with E-state index in [-0.39, 0.29) is 0 Å². The maximum atomic E-state index is 4.84. The third-order valence-electron chi connectivity index (χ3n) is 5.19. The zero-order valence-electron chi connectivity index (χ0n) is 15.5. The smallest absolute Gasteiger partial charge is 0.191 e. The molecule has 0 aromatic rings. The average Bonchev–Trinajstić information content (AvgIpc) is 3.00. The van der Waals surface area contributed by atoms with Gasteiger partial charge in [-0.05, 0) is 47.0 Å². The third kappa shape index (κ3) is 5.62. The Hall–Kier alpha value is -0.850. The number of nitrogens with one attached hydrogen (secondary N) is 2. The highest BCUT2D eigenvalue weighted by Gasteiger charge is 2.24. The third-order valence-corrected chi connectivity index (χ3v) is 5.19. The zero-order chi connectivity index (χ0) is 16.7. The first kappa shape index (κ1) is 18.5. The molecule has 134 valence electrons. The molecule has 2 heterocycles. The monoisotopic (exact) mass is 324 g/mol. The summed E-state index contributed by atoms with van der Waals surface area (Å²) in [5.74, 6) is 0.970. The summed E-state index contributed by atoms with van der Waals surface area (Å²) in [4.78, 5) is 12.2. The number of hydrogen-bond acceptors (Lipinski definition) is 4. The topological polar surface area (TPSA) is 46.1 Å². The number of rotatable bonds is 6. The second kappa shape index (κ2) is 9.45. The van der Waals surface area contributed by atoms with E-state index in [1.54, 1.807) is 0 Å². The van der Waals surface area contributed by atoms with Crippen LogP contribution in [-0.4, -0.2) is 99.2 Å². The molecule has 2 aliphatic heterocycles. The fourth-order valence-electron chi connectivity index (χ4n) is 3.59. The van der Waals surface area contributed by atoms with Crippen molar-refractivity contribution in [1.82, 2.24) is 25.3 Å². The molecule has 2 unspecified atom stereocenters. The number of piperazine rings is 1. The lowest BCUT2D eigenvalue weighted by atomic mass is 10.2. The molecule has 2 fully saturated rings. The van der Waals surface area contributed by atoms with Gasteiger partial charge in [0.15, 0.2) is 5.96 Å². The van der Waals surface area contributed by atoms with Crippen molar-refractivity contribution in [3.63, 3.8) is 0 Å². The highest BCUT2D eigenvalue weighted by molar-refractivity contribution is 5.79. The summed E-state index contributed by atoms with van der Waals surface area (Å²) in [6.45, 7) is 12.9. The van der Waals surface area contributed by atoms with Gasteiger partial charge in [0.05, 0.1) is 6.54 Å². The second-order valence-electron chi connectivity index (χ2n) is 6.92. The molecule has 2 rings (SSSR count). The highest BCUT2D eigenvalue weighted by atomic mass is 15.3. The minimum absolute atomic E-state index is 0.517. The van der Waals surface area contributed by atoms with E-state index in [1.165, 1.54) is 19.4 Å². The van der Waals surface area contributed by atoms with Crippen LogP contribution in [0.15, 0.2) is 4.99 Å². The van der Waals surface area contributed by atoms with E-state index < -0.39 is 0 Å². The van der Waals surface area contributed by atoms with Gasteiger partial charge in [0.2, 0.25) is 0 Å². The molecule has 0 bridgehead atoms. The zero-order valence-corrected chi connectivity index (χ0v) is 15.5. The van der Waals surface area contributed by atoms with Crippen LogP contribution in [0.25, 0.3) is 0 Å². The summed E-state index contributed by atoms with van der Waals surface area (Å²) in [6, 6.07) is 1.18. The van der Waals surface area contributed by atoms with Crippen LogP contribution in [-0.2, 0) is 0 Å². The molecule has 2 saturated heterocycles. The van der Waals surface area contributed by atoms with Gasteiger partial charge in [-0.15, -0.1) is 0 Å². The van der Waals surface area contributed by atoms with Crippen molar-refractivity contribution in [1.29, 1.82) is 0 Å². The van der Waals surface area contributed by atoms with Crippen molar-refractivity contribution in [2.75, 3.05) is 66.5 Å². The fourth-order valence-corrected chi connectivity index (χ4v) is 3.59. The van der Waals surface area contributed by atoms with E-state index in [2.05, 4.69) is 53.3 Å². The number of hydrogen-bond donors (Lipinski definition) is 2. The summed E-state index contributed by atoms with van der Waals surface area (Å²) in [7, 11) is 4.41. The van der Waals surface area contributed by atoms with E-state index >= 15 is 0 Å². The van der Waals surface area contributed by atoms with Crippen LogP contribution in [0, 0.1) is 0 Å². The van der Waals surface area contributed by atoms with Gasteiger partial charge in [0, 0.05) is 44.8 Å². The van der Waals surface area contributed by atoms with E-state index in [0.717, 1.165) is 51.8 Å². The predicted molar refractivity (Wildman–Crippen MR) is 98.2 cm³/mol. The largest absolute Gasteiger partial charge is 0.357 e. The SMILES string of the molecule is CCNC(=NCC1CN(C)CCN1C)NCC1CCCN1CC. The second-order valence-corrected chi connectivity index (χ2v) is 6.92. The Morgan fingerprint density at radius 3 is 2.65 bits per heavy atom. The van der Waals surface area contributed by atoms with Crippen molar-refractivity contribution in [2.24, 2.45) is 4.99 Å². The molecular formula is C17H36N6. The van der Waals surface area contributed by atoms with Gasteiger partial charge in [-0.3, -0.25) is 14.8 Å². The van der Waals surface area contributed by atoms with Crippen LogP contribution < -0.4 is 10.6 Å². The Kier molecular flexibility index (Phi) is 7.59. The van der Waals surface area contributed by atoms with Crippen LogP contribution in [0.3, 0.4) is 0 Å². The maximum absolute atomic E-state index is 4.84. The Bertz CT molecular complexity index is 372. The molecule has 0 spiro atoms. The van der Waals surface area contributed by atoms with Crippen LogP contribution in [0.4, 0.5) is 0 Å². The van der Waals surface area contributed by atoms with Gasteiger partial charge in [0.1, 0.15) is 0 Å². The Morgan fingerprint density at radius 2 is 1.91 bits per heavy atom. The lowest BCUT2D eigenvalue weighted by molar-refractivity contribution is 0.119. The van der Waals surface area contributed by atoms with Gasteiger partial charge in [-0.2, -0.15) is 0 Å². The number of likely N-dealkylation sites (tertiary alicyclic amines) is 1. The Balaban J connectivity index is 1.84. The molecule has 0 aliphatic carbocycles. The van der Waals surface area contributed by atoms with Crippen LogP contribution in [0.2, 0.25) is 0 Å². The van der Waals surface area contributed by atoms with Crippen molar-refractivity contribution in [2.45, 2.75) is 38.8 Å². The standard InChI is InChI=1S/C17H36N6/c1-5-18-17(19-12-15-8-7-9-23(15)6-2)20-13-16-14-21(3)10-11-22(16)4/h15-16H,5-14H2,1-4H3,(H2,18,19,20). The predicted octanol–water partition coefficient (Wildman–Crippen LogP) is 0.272. The van der Waals surface area contributed by atoms with Crippen molar-refractivity contribution >= 4 is 5.96 Å². The molecule has 2 N–H and O–H groups in total.